The first-order valence-corrected chi connectivity index (χ1v) is 8.12. The highest BCUT2D eigenvalue weighted by Gasteiger charge is 2.16. The molecule has 1 heterocycles. The van der Waals surface area contributed by atoms with E-state index in [1.54, 1.807) is 16.6 Å². The number of tetrazole rings is 1. The fourth-order valence-corrected chi connectivity index (χ4v) is 2.95. The van der Waals surface area contributed by atoms with Gasteiger partial charge in [0.1, 0.15) is 0 Å². The molecule has 120 valence electrons. The highest BCUT2D eigenvalue weighted by atomic mass is 32.2. The maximum Gasteiger partial charge on any atom is 0.232 e. The van der Waals surface area contributed by atoms with Gasteiger partial charge in [-0.05, 0) is 35.4 Å². The summed E-state index contributed by atoms with van der Waals surface area (Å²) in [7, 11) is 1.69. The Hall–Kier alpha value is -2.40. The molecule has 2 rings (SSSR count). The standard InChI is InChI=1S/C15H18N6OS/c1-11-6-4-7-12(2)14(11)21-15(17-18-19-21)23-10-13(22)20(3)9-5-8-16/h4,6-7H,5,9-10H2,1-3H3. The van der Waals surface area contributed by atoms with Gasteiger partial charge >= 0.3 is 0 Å². The molecule has 1 aromatic carbocycles. The molecule has 0 saturated carbocycles. The summed E-state index contributed by atoms with van der Waals surface area (Å²) in [5.74, 6) is 0.175. The Morgan fingerprint density at radius 2 is 2.09 bits per heavy atom. The van der Waals surface area contributed by atoms with E-state index < -0.39 is 0 Å². The van der Waals surface area contributed by atoms with Gasteiger partial charge in [-0.15, -0.1) is 5.10 Å². The molecule has 7 nitrogen and oxygen atoms in total. The largest absolute Gasteiger partial charge is 0.344 e. The van der Waals surface area contributed by atoms with Crippen molar-refractivity contribution in [3.8, 4) is 11.8 Å². The highest BCUT2D eigenvalue weighted by molar-refractivity contribution is 7.99. The summed E-state index contributed by atoms with van der Waals surface area (Å²) in [6.45, 7) is 4.43. The average Bonchev–Trinajstić information content (AvgIpc) is 2.98. The van der Waals surface area contributed by atoms with E-state index in [4.69, 9.17) is 5.26 Å². The molecule has 0 aliphatic carbocycles. The van der Waals surface area contributed by atoms with Crippen LogP contribution in [0.1, 0.15) is 17.5 Å². The van der Waals surface area contributed by atoms with Gasteiger partial charge in [0, 0.05) is 13.6 Å². The number of carbonyl (C=O) groups excluding carboxylic acids is 1. The summed E-state index contributed by atoms with van der Waals surface area (Å²) >= 11 is 1.29. The van der Waals surface area contributed by atoms with Crippen LogP contribution in [0.2, 0.25) is 0 Å². The quantitative estimate of drug-likeness (QED) is 0.750. The molecule has 0 fully saturated rings. The lowest BCUT2D eigenvalue weighted by atomic mass is 10.1. The topological polar surface area (TPSA) is 87.7 Å². The van der Waals surface area contributed by atoms with Crippen molar-refractivity contribution >= 4 is 17.7 Å². The lowest BCUT2D eigenvalue weighted by Crippen LogP contribution is -2.29. The Morgan fingerprint density at radius 1 is 1.39 bits per heavy atom. The third-order valence-electron chi connectivity index (χ3n) is 3.40. The normalized spacial score (nSPS) is 10.3. The number of hydrogen-bond donors (Lipinski definition) is 0. The molecule has 1 amide bonds. The molecule has 0 aliphatic heterocycles. The minimum Gasteiger partial charge on any atom is -0.344 e. The Bertz CT molecular complexity index is 716. The van der Waals surface area contributed by atoms with Gasteiger partial charge in [0.15, 0.2) is 0 Å². The fraction of sp³-hybridized carbons (Fsp3) is 0.400. The number of para-hydroxylation sites is 1. The van der Waals surface area contributed by atoms with Gasteiger partial charge in [-0.1, -0.05) is 30.0 Å². The van der Waals surface area contributed by atoms with Crippen molar-refractivity contribution < 1.29 is 4.79 Å². The number of aromatic nitrogens is 4. The van der Waals surface area contributed by atoms with Crippen LogP contribution in [0.4, 0.5) is 0 Å². The molecule has 0 atom stereocenters. The number of thioether (sulfide) groups is 1. The van der Waals surface area contributed by atoms with Crippen LogP contribution in [0.3, 0.4) is 0 Å². The molecule has 0 N–H and O–H groups in total. The predicted molar refractivity (Wildman–Crippen MR) is 87.2 cm³/mol. The van der Waals surface area contributed by atoms with Gasteiger partial charge in [0.25, 0.3) is 0 Å². The molecule has 1 aromatic heterocycles. The van der Waals surface area contributed by atoms with E-state index in [9.17, 15) is 4.79 Å². The first-order valence-electron chi connectivity index (χ1n) is 7.13. The molecular formula is C15H18N6OS. The van der Waals surface area contributed by atoms with Crippen molar-refractivity contribution in [1.82, 2.24) is 25.1 Å². The van der Waals surface area contributed by atoms with Gasteiger partial charge in [-0.3, -0.25) is 4.79 Å². The third kappa shape index (κ3) is 4.07. The smallest absolute Gasteiger partial charge is 0.232 e. The summed E-state index contributed by atoms with van der Waals surface area (Å²) in [6.07, 6.45) is 0.326. The molecule has 0 aliphatic rings. The van der Waals surface area contributed by atoms with Crippen molar-refractivity contribution in [1.29, 1.82) is 5.26 Å². The van der Waals surface area contributed by atoms with Crippen molar-refractivity contribution in [2.75, 3.05) is 19.3 Å². The lowest BCUT2D eigenvalue weighted by Gasteiger charge is -2.15. The number of amides is 1. The summed E-state index contributed by atoms with van der Waals surface area (Å²) in [6, 6.07) is 8.01. The van der Waals surface area contributed by atoms with Crippen molar-refractivity contribution in [2.24, 2.45) is 0 Å². The summed E-state index contributed by atoms with van der Waals surface area (Å²) in [5, 5.41) is 20.9. The first kappa shape index (κ1) is 17.0. The summed E-state index contributed by atoms with van der Waals surface area (Å²) in [5.41, 5.74) is 3.07. The maximum absolute atomic E-state index is 12.0. The number of nitrogens with zero attached hydrogens (tertiary/aromatic N) is 6. The van der Waals surface area contributed by atoms with Crippen LogP contribution in [0.5, 0.6) is 0 Å². The van der Waals surface area contributed by atoms with E-state index in [0.29, 0.717) is 18.1 Å². The van der Waals surface area contributed by atoms with Crippen molar-refractivity contribution in [3.05, 3.63) is 29.3 Å². The van der Waals surface area contributed by atoms with Crippen LogP contribution in [0.15, 0.2) is 23.4 Å². The number of hydrogen-bond acceptors (Lipinski definition) is 6. The summed E-state index contributed by atoms with van der Waals surface area (Å²) in [4.78, 5) is 13.6. The van der Waals surface area contributed by atoms with Crippen LogP contribution >= 0.6 is 11.8 Å². The van der Waals surface area contributed by atoms with Gasteiger partial charge < -0.3 is 4.90 Å². The molecule has 2 aromatic rings. The molecular weight excluding hydrogens is 312 g/mol. The summed E-state index contributed by atoms with van der Waals surface area (Å²) < 4.78 is 1.66. The van der Waals surface area contributed by atoms with Gasteiger partial charge in [-0.2, -0.15) is 9.94 Å². The molecule has 0 radical (unpaired) electrons. The zero-order valence-corrected chi connectivity index (χ0v) is 14.2. The zero-order valence-electron chi connectivity index (χ0n) is 13.4. The molecule has 0 spiro atoms. The zero-order chi connectivity index (χ0) is 16.8. The van der Waals surface area contributed by atoms with E-state index in [1.807, 2.05) is 38.1 Å². The number of rotatable bonds is 6. The monoisotopic (exact) mass is 330 g/mol. The lowest BCUT2D eigenvalue weighted by molar-refractivity contribution is -0.127. The van der Waals surface area contributed by atoms with E-state index >= 15 is 0 Å². The molecule has 0 bridgehead atoms. The minimum atomic E-state index is -0.0543. The number of carbonyl (C=O) groups is 1. The first-order chi connectivity index (χ1) is 11.0. The maximum atomic E-state index is 12.0. The van der Waals surface area contributed by atoms with Gasteiger partial charge in [-0.25, -0.2) is 0 Å². The Kier molecular flexibility index (Phi) is 5.71. The third-order valence-corrected chi connectivity index (χ3v) is 4.31. The molecule has 0 unspecified atom stereocenters. The van der Waals surface area contributed by atoms with E-state index in [2.05, 4.69) is 15.5 Å². The van der Waals surface area contributed by atoms with Crippen LogP contribution in [0, 0.1) is 25.2 Å². The van der Waals surface area contributed by atoms with Crippen LogP contribution in [0.25, 0.3) is 5.69 Å². The van der Waals surface area contributed by atoms with E-state index in [0.717, 1.165) is 16.8 Å². The second-order valence-electron chi connectivity index (χ2n) is 5.13. The SMILES string of the molecule is Cc1cccc(C)c1-n1nnnc1SCC(=O)N(C)CCC#N. The predicted octanol–water partition coefficient (Wildman–Crippen LogP) is 1.74. The Labute approximate surface area is 139 Å². The number of aryl methyl sites for hydroxylation is 2. The minimum absolute atomic E-state index is 0.0543. The van der Waals surface area contributed by atoms with Crippen molar-refractivity contribution in [2.45, 2.75) is 25.4 Å². The average molecular weight is 330 g/mol. The van der Waals surface area contributed by atoms with E-state index in [-0.39, 0.29) is 11.7 Å². The molecule has 23 heavy (non-hydrogen) atoms. The Morgan fingerprint density at radius 3 is 2.74 bits per heavy atom. The van der Waals surface area contributed by atoms with Gasteiger partial charge in [0.2, 0.25) is 11.1 Å². The van der Waals surface area contributed by atoms with Gasteiger partial charge in [0.05, 0.1) is 23.9 Å². The second kappa shape index (κ2) is 7.74. The van der Waals surface area contributed by atoms with Crippen LogP contribution in [-0.4, -0.2) is 50.4 Å². The van der Waals surface area contributed by atoms with Crippen LogP contribution < -0.4 is 0 Å². The van der Waals surface area contributed by atoms with Crippen LogP contribution in [-0.2, 0) is 4.79 Å². The molecule has 0 saturated heterocycles. The molecule has 8 heteroatoms. The fourth-order valence-electron chi connectivity index (χ4n) is 2.13. The second-order valence-corrected chi connectivity index (χ2v) is 6.07. The number of nitriles is 1. The van der Waals surface area contributed by atoms with Crippen molar-refractivity contribution in [3.63, 3.8) is 0 Å². The van der Waals surface area contributed by atoms with E-state index in [1.165, 1.54) is 11.8 Å². The highest BCUT2D eigenvalue weighted by Crippen LogP contribution is 2.23. The Balaban J connectivity index is 2.11. The number of benzene rings is 1.